The molecule has 0 saturated heterocycles. The second kappa shape index (κ2) is 12.2. The maximum atomic E-state index is 10.5. The Kier molecular flexibility index (Phi) is 7.41. The Bertz CT molecular complexity index is 2620. The normalized spacial score (nSPS) is 11.4. The fourth-order valence-electron chi connectivity index (χ4n) is 7.38. The molecule has 0 N–H and O–H groups in total. The van der Waals surface area contributed by atoms with Crippen molar-refractivity contribution in [1.82, 2.24) is 9.13 Å². The summed E-state index contributed by atoms with van der Waals surface area (Å²) in [7, 11) is 0. The lowest BCUT2D eigenvalue weighted by atomic mass is 9.89. The molecule has 0 saturated carbocycles. The molecule has 0 bridgehead atoms. The Balaban J connectivity index is 1.35. The maximum absolute atomic E-state index is 10.5. The number of allylic oxidation sites excluding steroid dienone is 1. The molecule has 4 nitrogen and oxygen atoms in total. The quantitative estimate of drug-likeness (QED) is 0.184. The van der Waals surface area contributed by atoms with Gasteiger partial charge in [0.15, 0.2) is 0 Å². The Morgan fingerprint density at radius 2 is 1.12 bits per heavy atom. The summed E-state index contributed by atoms with van der Waals surface area (Å²) in [6.45, 7) is 4.25. The number of aromatic nitrogens is 2. The number of fused-ring (bicyclic) bond motifs is 4. The van der Waals surface area contributed by atoms with Crippen molar-refractivity contribution in [2.24, 2.45) is 0 Å². The van der Waals surface area contributed by atoms with Crippen LogP contribution < -0.4 is 0 Å². The van der Waals surface area contributed by atoms with Crippen molar-refractivity contribution in [1.29, 1.82) is 10.5 Å². The first kappa shape index (κ1) is 29.8. The lowest BCUT2D eigenvalue weighted by molar-refractivity contribution is 1.05. The molecule has 49 heavy (non-hydrogen) atoms. The van der Waals surface area contributed by atoms with Gasteiger partial charge >= 0.3 is 0 Å². The molecule has 0 fully saturated rings. The van der Waals surface area contributed by atoms with E-state index in [4.69, 9.17) is 0 Å². The van der Waals surface area contributed by atoms with E-state index in [9.17, 15) is 10.5 Å². The van der Waals surface area contributed by atoms with E-state index in [1.807, 2.05) is 30.3 Å². The predicted molar refractivity (Wildman–Crippen MR) is 202 cm³/mol. The van der Waals surface area contributed by atoms with Gasteiger partial charge in [-0.25, -0.2) is 0 Å². The number of hydrogen-bond acceptors (Lipinski definition) is 2. The average Bonchev–Trinajstić information content (AvgIpc) is 3.64. The second-order valence-corrected chi connectivity index (χ2v) is 12.2. The summed E-state index contributed by atoms with van der Waals surface area (Å²) in [5.74, 6) is 0. The van der Waals surface area contributed by atoms with Gasteiger partial charge < -0.3 is 9.13 Å². The van der Waals surface area contributed by atoms with Crippen LogP contribution in [0.4, 0.5) is 0 Å². The van der Waals surface area contributed by atoms with Gasteiger partial charge in [-0.1, -0.05) is 110 Å². The lowest BCUT2D eigenvalue weighted by Gasteiger charge is -2.19. The molecule has 2 heterocycles. The first-order chi connectivity index (χ1) is 24.1. The van der Waals surface area contributed by atoms with Crippen LogP contribution >= 0.6 is 0 Å². The van der Waals surface area contributed by atoms with Crippen LogP contribution in [0.25, 0.3) is 72.4 Å². The van der Waals surface area contributed by atoms with Gasteiger partial charge in [0.25, 0.3) is 0 Å². The van der Waals surface area contributed by atoms with Gasteiger partial charge in [0, 0.05) is 44.2 Å². The lowest BCUT2D eigenvalue weighted by Crippen LogP contribution is -2.04. The predicted octanol–water partition coefficient (Wildman–Crippen LogP) is 11.5. The van der Waals surface area contributed by atoms with Gasteiger partial charge in [0.05, 0.1) is 39.4 Å². The van der Waals surface area contributed by atoms with E-state index < -0.39 is 0 Å². The molecule has 0 radical (unpaired) electrons. The standard InChI is InChI=1S/C45H32N4/c1-3-4-15-35-30(2)48(41-21-8-5-16-36(35)41)45-33(29-47)14-12-20-40(45)39-19-11-13-32(28-46)44(39)31-24-26-34(27-25-31)49-42-22-9-6-17-37(42)38-18-7-10-23-43(38)49/h4-27H,3H2,1-2H3/b15-4-. The minimum atomic E-state index is 0.572. The van der Waals surface area contributed by atoms with Gasteiger partial charge in [-0.2, -0.15) is 10.5 Å². The summed E-state index contributed by atoms with van der Waals surface area (Å²) in [5, 5.41) is 24.5. The molecule has 4 heteroatoms. The van der Waals surface area contributed by atoms with Crippen molar-refractivity contribution in [3.05, 3.63) is 162 Å². The van der Waals surface area contributed by atoms with Crippen LogP contribution in [0, 0.1) is 29.6 Å². The Morgan fingerprint density at radius 3 is 1.73 bits per heavy atom. The second-order valence-electron chi connectivity index (χ2n) is 12.2. The largest absolute Gasteiger partial charge is 0.311 e. The van der Waals surface area contributed by atoms with Gasteiger partial charge in [-0.05, 0) is 66.9 Å². The van der Waals surface area contributed by atoms with E-state index in [2.05, 4.69) is 150 Å². The van der Waals surface area contributed by atoms with Gasteiger partial charge in [-0.3, -0.25) is 0 Å². The Hall–Kier alpha value is -6.62. The van der Waals surface area contributed by atoms with Crippen LogP contribution in [0.2, 0.25) is 0 Å². The van der Waals surface area contributed by atoms with E-state index in [1.165, 1.54) is 10.8 Å². The van der Waals surface area contributed by atoms with Crippen LogP contribution in [-0.4, -0.2) is 9.13 Å². The van der Waals surface area contributed by atoms with Crippen LogP contribution in [0.1, 0.15) is 35.7 Å². The Labute approximate surface area is 285 Å². The van der Waals surface area contributed by atoms with Crippen molar-refractivity contribution in [2.45, 2.75) is 20.3 Å². The highest BCUT2D eigenvalue weighted by Gasteiger charge is 2.22. The van der Waals surface area contributed by atoms with Gasteiger partial charge in [0.1, 0.15) is 6.07 Å². The molecule has 0 aliphatic heterocycles. The zero-order chi connectivity index (χ0) is 33.5. The molecule has 2 aromatic heterocycles. The number of rotatable bonds is 6. The van der Waals surface area contributed by atoms with E-state index in [-0.39, 0.29) is 0 Å². The van der Waals surface area contributed by atoms with Crippen LogP contribution in [0.3, 0.4) is 0 Å². The minimum Gasteiger partial charge on any atom is -0.311 e. The highest BCUT2D eigenvalue weighted by Crippen LogP contribution is 2.42. The molecule has 8 aromatic rings. The maximum Gasteiger partial charge on any atom is 0.101 e. The molecule has 0 unspecified atom stereocenters. The molecular weight excluding hydrogens is 597 g/mol. The smallest absolute Gasteiger partial charge is 0.101 e. The highest BCUT2D eigenvalue weighted by molar-refractivity contribution is 6.09. The SMILES string of the molecule is CC/C=C\c1c(C)n(-c2c(C#N)cccc2-c2cccc(C#N)c2-c2ccc(-n3c4ccccc4c4ccccc43)cc2)c2ccccc12. The van der Waals surface area contributed by atoms with Crippen molar-refractivity contribution in [3.63, 3.8) is 0 Å². The topological polar surface area (TPSA) is 57.4 Å². The van der Waals surface area contributed by atoms with E-state index in [0.29, 0.717) is 11.1 Å². The summed E-state index contributed by atoms with van der Waals surface area (Å²) in [6, 6.07) is 50.5. The molecule has 0 amide bonds. The number of para-hydroxylation sites is 4. The molecule has 232 valence electrons. The highest BCUT2D eigenvalue weighted by atomic mass is 15.0. The van der Waals surface area contributed by atoms with E-state index >= 15 is 0 Å². The summed E-state index contributed by atoms with van der Waals surface area (Å²) >= 11 is 0. The molecule has 0 aliphatic carbocycles. The van der Waals surface area contributed by atoms with Crippen molar-refractivity contribution < 1.29 is 0 Å². The van der Waals surface area contributed by atoms with E-state index in [1.54, 1.807) is 0 Å². The van der Waals surface area contributed by atoms with Crippen molar-refractivity contribution in [2.75, 3.05) is 0 Å². The van der Waals surface area contributed by atoms with Crippen LogP contribution in [0.15, 0.2) is 140 Å². The van der Waals surface area contributed by atoms with Crippen molar-refractivity contribution >= 4 is 38.8 Å². The fraction of sp³-hybridized carbons (Fsp3) is 0.0667. The molecule has 0 atom stereocenters. The monoisotopic (exact) mass is 628 g/mol. The number of benzene rings is 6. The molecule has 0 spiro atoms. The minimum absolute atomic E-state index is 0.572. The van der Waals surface area contributed by atoms with Gasteiger partial charge in [-0.15, -0.1) is 0 Å². The number of nitriles is 2. The van der Waals surface area contributed by atoms with Crippen LogP contribution in [0.5, 0.6) is 0 Å². The summed E-state index contributed by atoms with van der Waals surface area (Å²) in [4.78, 5) is 0. The van der Waals surface area contributed by atoms with Gasteiger partial charge in [0.2, 0.25) is 0 Å². The molecular formula is C45H32N4. The Morgan fingerprint density at radius 1 is 0.571 bits per heavy atom. The summed E-state index contributed by atoms with van der Waals surface area (Å²) in [5.41, 5.74) is 12.1. The number of hydrogen-bond donors (Lipinski definition) is 0. The zero-order valence-corrected chi connectivity index (χ0v) is 27.4. The van der Waals surface area contributed by atoms with Crippen LogP contribution in [-0.2, 0) is 0 Å². The third-order valence-corrected chi connectivity index (χ3v) is 9.53. The third kappa shape index (κ3) is 4.74. The van der Waals surface area contributed by atoms with Crippen molar-refractivity contribution in [3.8, 4) is 45.8 Å². The fourth-order valence-corrected chi connectivity index (χ4v) is 7.38. The average molecular weight is 629 g/mol. The molecule has 0 aliphatic rings. The van der Waals surface area contributed by atoms with E-state index in [0.717, 1.165) is 73.2 Å². The summed E-state index contributed by atoms with van der Waals surface area (Å²) in [6.07, 6.45) is 5.29. The first-order valence-corrected chi connectivity index (χ1v) is 16.6. The zero-order valence-electron chi connectivity index (χ0n) is 27.4. The molecule has 6 aromatic carbocycles. The third-order valence-electron chi connectivity index (χ3n) is 9.53. The number of nitrogens with zero attached hydrogens (tertiary/aromatic N) is 4. The first-order valence-electron chi connectivity index (χ1n) is 16.6. The summed E-state index contributed by atoms with van der Waals surface area (Å²) < 4.78 is 4.51. The molecule has 8 rings (SSSR count).